The molecule has 0 radical (unpaired) electrons. The van der Waals surface area contributed by atoms with E-state index in [0.29, 0.717) is 6.42 Å². The first-order valence-electron chi connectivity index (χ1n) is 5.59. The van der Waals surface area contributed by atoms with Gasteiger partial charge in [-0.2, -0.15) is 0 Å². The smallest absolute Gasteiger partial charge is 0.263 e. The molecule has 1 rings (SSSR count). The quantitative estimate of drug-likeness (QED) is 0.451. The molecule has 0 amide bonds. The molecule has 0 fully saturated rings. The number of rotatable bonds is 6. The van der Waals surface area contributed by atoms with Gasteiger partial charge in [-0.25, -0.2) is 8.42 Å². The van der Waals surface area contributed by atoms with Gasteiger partial charge in [-0.05, 0) is 18.6 Å². The van der Waals surface area contributed by atoms with E-state index in [1.165, 1.54) is 18.2 Å². The zero-order valence-electron chi connectivity index (χ0n) is 10.0. The number of hydrogen-bond acceptors (Lipinski definition) is 4. The zero-order chi connectivity index (χ0) is 13.6. The van der Waals surface area contributed by atoms with Crippen LogP contribution >= 0.6 is 0 Å². The molecular formula is C12H15NO4S. The first-order chi connectivity index (χ1) is 8.50. The minimum atomic E-state index is -3.97. The molecule has 0 aliphatic rings. The third kappa shape index (κ3) is 3.40. The van der Waals surface area contributed by atoms with Crippen LogP contribution in [0.5, 0.6) is 0 Å². The van der Waals surface area contributed by atoms with Crippen LogP contribution in [0.25, 0.3) is 0 Å². The van der Waals surface area contributed by atoms with E-state index in [0.717, 1.165) is 12.5 Å². The summed E-state index contributed by atoms with van der Waals surface area (Å²) in [4.78, 5) is 10.1. The molecule has 1 aromatic rings. The first kappa shape index (κ1) is 14.4. The third-order valence-corrected chi connectivity index (χ3v) is 4.25. The average molecular weight is 269 g/mol. The van der Waals surface area contributed by atoms with E-state index in [2.05, 4.69) is 0 Å². The standard InChI is InChI=1S/C12H15NO4S/c1-2-3-5-10-12(13(14)15)18(16,17)11-8-6-4-7-9-11/h4-10,12H,2-3H2,1H3/b10-5+. The van der Waals surface area contributed by atoms with Crippen molar-refractivity contribution in [1.29, 1.82) is 0 Å². The zero-order valence-corrected chi connectivity index (χ0v) is 10.8. The maximum Gasteiger partial charge on any atom is 0.332 e. The maximum atomic E-state index is 12.1. The van der Waals surface area contributed by atoms with Gasteiger partial charge in [0.05, 0.1) is 4.90 Å². The van der Waals surface area contributed by atoms with E-state index in [1.54, 1.807) is 18.2 Å². The van der Waals surface area contributed by atoms with E-state index in [9.17, 15) is 18.5 Å². The van der Waals surface area contributed by atoms with Crippen LogP contribution < -0.4 is 0 Å². The lowest BCUT2D eigenvalue weighted by Crippen LogP contribution is -2.27. The average Bonchev–Trinajstić information content (AvgIpc) is 2.35. The Labute approximate surface area is 106 Å². The number of nitrogens with zero attached hydrogens (tertiary/aromatic N) is 1. The van der Waals surface area contributed by atoms with Gasteiger partial charge < -0.3 is 0 Å². The topological polar surface area (TPSA) is 77.3 Å². The Morgan fingerprint density at radius 3 is 2.44 bits per heavy atom. The molecule has 0 bridgehead atoms. The van der Waals surface area contributed by atoms with Crippen LogP contribution in [0, 0.1) is 10.1 Å². The van der Waals surface area contributed by atoms with Gasteiger partial charge in [0, 0.05) is 11.0 Å². The highest BCUT2D eigenvalue weighted by Gasteiger charge is 2.34. The molecule has 98 valence electrons. The van der Waals surface area contributed by atoms with Crippen LogP contribution in [-0.4, -0.2) is 18.7 Å². The summed E-state index contributed by atoms with van der Waals surface area (Å²) in [6.07, 6.45) is 4.11. The van der Waals surface area contributed by atoms with Gasteiger partial charge in [-0.15, -0.1) is 0 Å². The SMILES string of the molecule is CCC/C=C/C([N+](=O)[O-])S(=O)(=O)c1ccccc1. The summed E-state index contributed by atoms with van der Waals surface area (Å²) >= 11 is 0. The predicted molar refractivity (Wildman–Crippen MR) is 68.5 cm³/mol. The fourth-order valence-electron chi connectivity index (χ4n) is 1.42. The largest absolute Gasteiger partial charge is 0.332 e. The second-order valence-corrected chi connectivity index (χ2v) is 5.80. The molecule has 0 spiro atoms. The second kappa shape index (κ2) is 6.30. The molecular weight excluding hydrogens is 254 g/mol. The summed E-state index contributed by atoms with van der Waals surface area (Å²) in [5, 5.41) is 9.17. The lowest BCUT2D eigenvalue weighted by Gasteiger charge is -2.06. The van der Waals surface area contributed by atoms with Gasteiger partial charge >= 0.3 is 5.37 Å². The number of allylic oxidation sites excluding steroid dienone is 1. The molecule has 0 aliphatic heterocycles. The van der Waals surface area contributed by atoms with Crippen molar-refractivity contribution in [2.75, 3.05) is 0 Å². The highest BCUT2D eigenvalue weighted by Crippen LogP contribution is 2.17. The highest BCUT2D eigenvalue weighted by molar-refractivity contribution is 7.92. The number of unbranched alkanes of at least 4 members (excludes halogenated alkanes) is 1. The molecule has 1 atom stereocenters. The van der Waals surface area contributed by atoms with Crippen molar-refractivity contribution in [1.82, 2.24) is 0 Å². The normalized spacial score (nSPS) is 13.6. The van der Waals surface area contributed by atoms with Crippen molar-refractivity contribution in [3.8, 4) is 0 Å². The lowest BCUT2D eigenvalue weighted by molar-refractivity contribution is -0.485. The summed E-state index contributed by atoms with van der Waals surface area (Å²) < 4.78 is 24.2. The van der Waals surface area contributed by atoms with Crippen LogP contribution in [0.1, 0.15) is 19.8 Å². The maximum absolute atomic E-state index is 12.1. The van der Waals surface area contributed by atoms with Crippen LogP contribution in [-0.2, 0) is 9.84 Å². The Kier molecular flexibility index (Phi) is 5.03. The number of sulfone groups is 1. The Bertz CT molecular complexity index is 522. The molecule has 0 N–H and O–H groups in total. The summed E-state index contributed by atoms with van der Waals surface area (Å²) in [6.45, 7) is 1.91. The Balaban J connectivity index is 3.10. The van der Waals surface area contributed by atoms with Gasteiger partial charge in [0.1, 0.15) is 0 Å². The molecule has 1 aromatic carbocycles. The first-order valence-corrected chi connectivity index (χ1v) is 7.14. The summed E-state index contributed by atoms with van der Waals surface area (Å²) in [6, 6.07) is 7.46. The van der Waals surface area contributed by atoms with Gasteiger partial charge in [0.2, 0.25) is 0 Å². The minimum absolute atomic E-state index is 0.0344. The van der Waals surface area contributed by atoms with Crippen molar-refractivity contribution in [2.24, 2.45) is 0 Å². The van der Waals surface area contributed by atoms with Gasteiger partial charge in [0.25, 0.3) is 9.84 Å². The fourth-order valence-corrected chi connectivity index (χ4v) is 2.78. The van der Waals surface area contributed by atoms with Crippen LogP contribution in [0.15, 0.2) is 47.4 Å². The predicted octanol–water partition coefficient (Wildman–Crippen LogP) is 2.42. The van der Waals surface area contributed by atoms with Crippen LogP contribution in [0.3, 0.4) is 0 Å². The fraction of sp³-hybridized carbons (Fsp3) is 0.333. The van der Waals surface area contributed by atoms with E-state index in [1.807, 2.05) is 6.92 Å². The Morgan fingerprint density at radius 1 is 1.33 bits per heavy atom. The molecule has 18 heavy (non-hydrogen) atoms. The van der Waals surface area contributed by atoms with Gasteiger partial charge in [0.15, 0.2) is 0 Å². The Morgan fingerprint density at radius 2 is 1.94 bits per heavy atom. The van der Waals surface area contributed by atoms with Crippen molar-refractivity contribution < 1.29 is 13.3 Å². The van der Waals surface area contributed by atoms with Crippen molar-refractivity contribution in [2.45, 2.75) is 30.0 Å². The van der Waals surface area contributed by atoms with E-state index in [-0.39, 0.29) is 4.90 Å². The van der Waals surface area contributed by atoms with E-state index < -0.39 is 20.1 Å². The molecule has 5 nitrogen and oxygen atoms in total. The van der Waals surface area contributed by atoms with Crippen molar-refractivity contribution in [3.05, 3.63) is 52.6 Å². The van der Waals surface area contributed by atoms with Crippen LogP contribution in [0.4, 0.5) is 0 Å². The molecule has 0 heterocycles. The monoisotopic (exact) mass is 269 g/mol. The highest BCUT2D eigenvalue weighted by atomic mass is 32.2. The van der Waals surface area contributed by atoms with Gasteiger partial charge in [-0.1, -0.05) is 37.6 Å². The third-order valence-electron chi connectivity index (χ3n) is 2.35. The van der Waals surface area contributed by atoms with E-state index >= 15 is 0 Å². The second-order valence-electron chi connectivity index (χ2n) is 3.75. The molecule has 6 heteroatoms. The van der Waals surface area contributed by atoms with Crippen molar-refractivity contribution in [3.63, 3.8) is 0 Å². The molecule has 0 aromatic heterocycles. The lowest BCUT2D eigenvalue weighted by atomic mass is 10.3. The van der Waals surface area contributed by atoms with E-state index in [4.69, 9.17) is 0 Å². The number of hydrogen-bond donors (Lipinski definition) is 0. The number of benzene rings is 1. The summed E-state index contributed by atoms with van der Waals surface area (Å²) in [5.41, 5.74) is 0. The van der Waals surface area contributed by atoms with Gasteiger partial charge in [-0.3, -0.25) is 10.1 Å². The minimum Gasteiger partial charge on any atom is -0.263 e. The summed E-state index contributed by atoms with van der Waals surface area (Å²) in [7, 11) is -3.97. The Hall–Kier alpha value is -1.69. The molecule has 0 aliphatic carbocycles. The molecule has 0 saturated heterocycles. The summed E-state index contributed by atoms with van der Waals surface area (Å²) in [5.74, 6) is 0. The molecule has 0 saturated carbocycles. The van der Waals surface area contributed by atoms with Crippen LogP contribution in [0.2, 0.25) is 0 Å². The number of nitro groups is 1. The van der Waals surface area contributed by atoms with Crippen molar-refractivity contribution >= 4 is 9.84 Å². The molecule has 1 unspecified atom stereocenters.